The summed E-state index contributed by atoms with van der Waals surface area (Å²) in [6, 6.07) is 4.17. The lowest BCUT2D eigenvalue weighted by atomic mass is 10.2. The molecule has 3 N–H and O–H groups in total. The molecule has 0 spiro atoms. The van der Waals surface area contributed by atoms with Crippen molar-refractivity contribution in [2.24, 2.45) is 5.92 Å². The number of rotatable bonds is 5. The number of carbonyl (C=O) groups excluding carboxylic acids is 1. The number of nitrogens with two attached hydrogens (primary N) is 1. The van der Waals surface area contributed by atoms with Crippen molar-refractivity contribution in [3.05, 3.63) is 47.8 Å². The molecule has 2 aromatic rings. The molecular weight excluding hydrogens is 383 g/mol. The van der Waals surface area contributed by atoms with Crippen molar-refractivity contribution in [1.29, 1.82) is 0 Å². The van der Waals surface area contributed by atoms with E-state index in [1.807, 2.05) is 0 Å². The molecule has 0 bridgehead atoms. The number of amides is 1. The van der Waals surface area contributed by atoms with Crippen LogP contribution >= 0.6 is 0 Å². The van der Waals surface area contributed by atoms with Gasteiger partial charge in [0.05, 0.1) is 21.0 Å². The van der Waals surface area contributed by atoms with E-state index in [4.69, 9.17) is 5.73 Å². The maximum atomic E-state index is 12.6. The summed E-state index contributed by atoms with van der Waals surface area (Å²) in [4.78, 5) is 15.2. The molecule has 0 radical (unpaired) electrons. The van der Waals surface area contributed by atoms with Crippen molar-refractivity contribution in [1.82, 2.24) is 10.3 Å². The van der Waals surface area contributed by atoms with Crippen LogP contribution in [0.25, 0.3) is 0 Å². The number of carbonyl (C=O) groups is 1. The molecule has 1 aliphatic rings. The van der Waals surface area contributed by atoms with Crippen LogP contribution in [0.2, 0.25) is 0 Å². The van der Waals surface area contributed by atoms with Gasteiger partial charge in [-0.25, -0.2) is 13.4 Å². The number of aromatic nitrogens is 1. The fraction of sp³-hybridized carbons (Fsp3) is 0.294. The first-order valence-electron chi connectivity index (χ1n) is 8.05. The molecule has 1 fully saturated rings. The van der Waals surface area contributed by atoms with Crippen LogP contribution in [0, 0.1) is 5.92 Å². The molecule has 0 unspecified atom stereocenters. The molecule has 0 aliphatic heterocycles. The minimum atomic E-state index is -4.57. The van der Waals surface area contributed by atoms with Gasteiger partial charge in [0.1, 0.15) is 0 Å². The van der Waals surface area contributed by atoms with Crippen molar-refractivity contribution < 1.29 is 26.4 Å². The van der Waals surface area contributed by atoms with E-state index in [1.165, 1.54) is 0 Å². The van der Waals surface area contributed by atoms with Gasteiger partial charge in [-0.1, -0.05) is 0 Å². The number of alkyl halides is 3. The molecule has 1 aromatic carbocycles. The molecule has 1 heterocycles. The molecule has 0 atom stereocenters. The molecule has 144 valence electrons. The maximum absolute atomic E-state index is 12.6. The van der Waals surface area contributed by atoms with Crippen molar-refractivity contribution in [2.45, 2.75) is 28.8 Å². The Hall–Kier alpha value is -2.62. The highest BCUT2D eigenvalue weighted by Crippen LogP contribution is 2.31. The van der Waals surface area contributed by atoms with Gasteiger partial charge in [-0.15, -0.1) is 0 Å². The highest BCUT2D eigenvalue weighted by molar-refractivity contribution is 7.91. The first-order chi connectivity index (χ1) is 12.6. The monoisotopic (exact) mass is 399 g/mol. The van der Waals surface area contributed by atoms with Gasteiger partial charge in [0, 0.05) is 12.7 Å². The standard InChI is InChI=1S/C17H16F3N3O3S/c18-17(19,20)11-3-5-12(6-4-11)27(25,26)13-7-14(21)15(22-9-13)16(24)23-8-10-1-2-10/h3-7,9-10H,1-2,8,21H2,(H,23,24). The highest BCUT2D eigenvalue weighted by atomic mass is 32.2. The van der Waals surface area contributed by atoms with Gasteiger partial charge in [-0.2, -0.15) is 13.2 Å². The summed E-state index contributed by atoms with van der Waals surface area (Å²) in [7, 11) is -4.12. The summed E-state index contributed by atoms with van der Waals surface area (Å²) in [5, 5.41) is 2.67. The predicted octanol–water partition coefficient (Wildman–Crippen LogP) is 2.66. The van der Waals surface area contributed by atoms with E-state index in [0.717, 1.165) is 37.2 Å². The minimum absolute atomic E-state index is 0.0954. The van der Waals surface area contributed by atoms with Gasteiger partial charge in [0.25, 0.3) is 5.91 Å². The third-order valence-electron chi connectivity index (χ3n) is 4.16. The van der Waals surface area contributed by atoms with E-state index >= 15 is 0 Å². The average molecular weight is 399 g/mol. The summed E-state index contributed by atoms with van der Waals surface area (Å²) in [6.07, 6.45) is -1.50. The second kappa shape index (κ2) is 6.84. The van der Waals surface area contributed by atoms with Crippen LogP contribution in [-0.4, -0.2) is 25.9 Å². The summed E-state index contributed by atoms with van der Waals surface area (Å²) in [6.45, 7) is 0.506. The fourth-order valence-electron chi connectivity index (χ4n) is 2.40. The van der Waals surface area contributed by atoms with Crippen molar-refractivity contribution in [3.8, 4) is 0 Å². The number of anilines is 1. The third kappa shape index (κ3) is 4.21. The molecule has 6 nitrogen and oxygen atoms in total. The quantitative estimate of drug-likeness (QED) is 0.805. The van der Waals surface area contributed by atoms with Crippen LogP contribution in [0.4, 0.5) is 18.9 Å². The number of hydrogen-bond acceptors (Lipinski definition) is 5. The lowest BCUT2D eigenvalue weighted by Crippen LogP contribution is -2.27. The van der Waals surface area contributed by atoms with Gasteiger partial charge < -0.3 is 11.1 Å². The fourth-order valence-corrected chi connectivity index (χ4v) is 3.64. The van der Waals surface area contributed by atoms with Crippen LogP contribution in [-0.2, 0) is 16.0 Å². The van der Waals surface area contributed by atoms with Gasteiger partial charge >= 0.3 is 6.18 Å². The summed E-state index contributed by atoms with van der Waals surface area (Å²) >= 11 is 0. The van der Waals surface area contributed by atoms with Crippen LogP contribution in [0.1, 0.15) is 28.9 Å². The molecular formula is C17H16F3N3O3S. The molecule has 0 saturated heterocycles. The lowest BCUT2D eigenvalue weighted by molar-refractivity contribution is -0.137. The first-order valence-corrected chi connectivity index (χ1v) is 9.53. The van der Waals surface area contributed by atoms with Crippen LogP contribution in [0.3, 0.4) is 0 Å². The van der Waals surface area contributed by atoms with Crippen LogP contribution in [0.15, 0.2) is 46.3 Å². The number of hydrogen-bond donors (Lipinski definition) is 2. The van der Waals surface area contributed by atoms with E-state index in [0.29, 0.717) is 24.6 Å². The number of sulfone groups is 1. The second-order valence-electron chi connectivity index (χ2n) is 6.29. The molecule has 3 rings (SSSR count). The molecule has 1 aliphatic carbocycles. The normalized spacial score (nSPS) is 14.8. The second-order valence-corrected chi connectivity index (χ2v) is 8.24. The number of nitrogen functional groups attached to an aromatic ring is 1. The average Bonchev–Trinajstić information content (AvgIpc) is 3.43. The van der Waals surface area contributed by atoms with Crippen LogP contribution in [0.5, 0.6) is 0 Å². The van der Waals surface area contributed by atoms with Crippen molar-refractivity contribution >= 4 is 21.4 Å². The Bertz CT molecular complexity index is 969. The smallest absolute Gasteiger partial charge is 0.397 e. The zero-order valence-corrected chi connectivity index (χ0v) is 14.8. The van der Waals surface area contributed by atoms with E-state index in [1.54, 1.807) is 0 Å². The van der Waals surface area contributed by atoms with Gasteiger partial charge in [0.15, 0.2) is 5.69 Å². The lowest BCUT2D eigenvalue weighted by Gasteiger charge is -2.10. The number of nitrogens with one attached hydrogen (secondary N) is 1. The van der Waals surface area contributed by atoms with Gasteiger partial charge in [0.2, 0.25) is 9.84 Å². The Morgan fingerprint density at radius 1 is 1.19 bits per heavy atom. The third-order valence-corrected chi connectivity index (χ3v) is 5.89. The first kappa shape index (κ1) is 19.2. The number of benzene rings is 1. The molecule has 27 heavy (non-hydrogen) atoms. The van der Waals surface area contributed by atoms with Gasteiger partial charge in [-0.05, 0) is 49.1 Å². The molecule has 1 aromatic heterocycles. The number of halogens is 3. The largest absolute Gasteiger partial charge is 0.416 e. The Balaban J connectivity index is 1.84. The molecule has 1 amide bonds. The van der Waals surface area contributed by atoms with Crippen molar-refractivity contribution in [2.75, 3.05) is 12.3 Å². The summed E-state index contributed by atoms with van der Waals surface area (Å²) in [5.41, 5.74) is 4.58. The minimum Gasteiger partial charge on any atom is -0.397 e. The van der Waals surface area contributed by atoms with E-state index in [9.17, 15) is 26.4 Å². The topological polar surface area (TPSA) is 102 Å². The van der Waals surface area contributed by atoms with Crippen molar-refractivity contribution in [3.63, 3.8) is 0 Å². The number of pyridine rings is 1. The molecule has 10 heteroatoms. The predicted molar refractivity (Wildman–Crippen MR) is 90.6 cm³/mol. The summed E-state index contributed by atoms with van der Waals surface area (Å²) in [5.74, 6) is -0.0487. The molecule has 1 saturated carbocycles. The van der Waals surface area contributed by atoms with Gasteiger partial charge in [-0.3, -0.25) is 4.79 Å². The maximum Gasteiger partial charge on any atom is 0.416 e. The Labute approximate surface area is 153 Å². The Kier molecular flexibility index (Phi) is 4.85. The van der Waals surface area contributed by atoms with E-state index < -0.39 is 27.5 Å². The zero-order valence-electron chi connectivity index (χ0n) is 14.0. The Morgan fingerprint density at radius 2 is 1.81 bits per heavy atom. The SMILES string of the molecule is Nc1cc(S(=O)(=O)c2ccc(C(F)(F)F)cc2)cnc1C(=O)NCC1CC1. The van der Waals surface area contributed by atoms with E-state index in [2.05, 4.69) is 10.3 Å². The summed E-state index contributed by atoms with van der Waals surface area (Å²) < 4.78 is 63.0. The zero-order chi connectivity index (χ0) is 19.8. The number of nitrogens with zero attached hydrogens (tertiary/aromatic N) is 1. The van der Waals surface area contributed by atoms with E-state index in [-0.39, 0.29) is 21.2 Å². The highest BCUT2D eigenvalue weighted by Gasteiger charge is 2.31. The Morgan fingerprint density at radius 3 is 2.33 bits per heavy atom. The van der Waals surface area contributed by atoms with Crippen LogP contribution < -0.4 is 11.1 Å².